The minimum atomic E-state index is -0.378. The molecule has 0 unspecified atom stereocenters. The minimum Gasteiger partial charge on any atom is -0.490 e. The lowest BCUT2D eigenvalue weighted by Gasteiger charge is -2.11. The molecule has 1 heterocycles. The molecule has 8 heteroatoms. The number of nitrogens with zero attached hydrogens (tertiary/aromatic N) is 2. The van der Waals surface area contributed by atoms with Crippen LogP contribution in [0.15, 0.2) is 65.0 Å². The average Bonchev–Trinajstić information content (AvgIpc) is 3.07. The number of ether oxygens (including phenoxy) is 3. The fourth-order valence-electron chi connectivity index (χ4n) is 2.95. The molecule has 2 aromatic carbocycles. The Kier molecular flexibility index (Phi) is 8.32. The van der Waals surface area contributed by atoms with Gasteiger partial charge in [-0.05, 0) is 73.6 Å². The Morgan fingerprint density at radius 1 is 1.09 bits per heavy atom. The Hall–Kier alpha value is -3.52. The zero-order valence-electron chi connectivity index (χ0n) is 18.9. The summed E-state index contributed by atoms with van der Waals surface area (Å²) in [5.74, 6) is 0.701. The zero-order valence-corrected chi connectivity index (χ0v) is 19.7. The van der Waals surface area contributed by atoms with Crippen molar-refractivity contribution in [3.05, 3.63) is 71.2 Å². The molecule has 0 atom stereocenters. The molecule has 0 radical (unpaired) electrons. The average molecular weight is 467 g/mol. The summed E-state index contributed by atoms with van der Waals surface area (Å²) in [6.07, 6.45) is 3.47. The van der Waals surface area contributed by atoms with Crippen LogP contribution >= 0.6 is 11.8 Å². The summed E-state index contributed by atoms with van der Waals surface area (Å²) in [4.78, 5) is 31.2. The van der Waals surface area contributed by atoms with Gasteiger partial charge in [0.15, 0.2) is 16.7 Å². The Labute approximate surface area is 197 Å². The number of hydrogen-bond acceptors (Lipinski definition) is 7. The number of amides is 1. The summed E-state index contributed by atoms with van der Waals surface area (Å²) >= 11 is 1.28. The Bertz CT molecular complexity index is 1090. The molecule has 33 heavy (non-hydrogen) atoms. The second kappa shape index (κ2) is 11.4. The minimum absolute atomic E-state index is 0.146. The van der Waals surface area contributed by atoms with Crippen LogP contribution in [0, 0.1) is 0 Å². The first-order valence-electron chi connectivity index (χ1n) is 10.5. The van der Waals surface area contributed by atoms with Gasteiger partial charge < -0.3 is 14.2 Å². The van der Waals surface area contributed by atoms with Gasteiger partial charge in [0.1, 0.15) is 6.61 Å². The summed E-state index contributed by atoms with van der Waals surface area (Å²) in [7, 11) is 1.68. The maximum absolute atomic E-state index is 12.8. The number of carbonyl (C=O) groups excluding carboxylic acids is 2. The molecule has 0 spiro atoms. The normalized spacial score (nSPS) is 15.7. The first kappa shape index (κ1) is 24.1. The van der Waals surface area contributed by atoms with Crippen molar-refractivity contribution in [2.45, 2.75) is 13.8 Å². The molecule has 1 aliphatic rings. The molecule has 0 N–H and O–H groups in total. The number of thioether (sulfide) groups is 1. The molecule has 0 aromatic heterocycles. The fourth-order valence-corrected chi connectivity index (χ4v) is 3.94. The van der Waals surface area contributed by atoms with E-state index in [0.29, 0.717) is 52.6 Å². The fraction of sp³-hybridized carbons (Fsp3) is 0.240. The molecular weight excluding hydrogens is 440 g/mol. The van der Waals surface area contributed by atoms with Crippen LogP contribution in [0.5, 0.6) is 11.5 Å². The number of benzene rings is 2. The number of carbonyl (C=O) groups is 2. The monoisotopic (exact) mass is 466 g/mol. The van der Waals surface area contributed by atoms with Crippen molar-refractivity contribution in [2.75, 3.05) is 26.9 Å². The van der Waals surface area contributed by atoms with Gasteiger partial charge in [0.2, 0.25) is 0 Å². The van der Waals surface area contributed by atoms with Crippen molar-refractivity contribution in [3.8, 4) is 11.5 Å². The van der Waals surface area contributed by atoms with E-state index in [1.165, 1.54) is 16.7 Å². The maximum atomic E-state index is 12.8. The van der Waals surface area contributed by atoms with E-state index >= 15 is 0 Å². The molecule has 1 fully saturated rings. The molecule has 0 aliphatic carbocycles. The maximum Gasteiger partial charge on any atom is 0.338 e. The van der Waals surface area contributed by atoms with Crippen LogP contribution < -0.4 is 9.47 Å². The van der Waals surface area contributed by atoms with E-state index in [0.717, 1.165) is 5.56 Å². The van der Waals surface area contributed by atoms with Gasteiger partial charge in [0, 0.05) is 7.05 Å². The quantitative estimate of drug-likeness (QED) is 0.292. The second-order valence-corrected chi connectivity index (χ2v) is 7.88. The number of likely N-dealkylation sites (N-methyl/N-ethyl adjacent to an activating group) is 1. The van der Waals surface area contributed by atoms with Crippen LogP contribution in [0.1, 0.15) is 29.8 Å². The first-order valence-corrected chi connectivity index (χ1v) is 11.3. The van der Waals surface area contributed by atoms with Gasteiger partial charge in [-0.25, -0.2) is 9.79 Å². The van der Waals surface area contributed by atoms with E-state index in [1.807, 2.05) is 25.1 Å². The number of aliphatic imine (C=N–C) groups is 1. The van der Waals surface area contributed by atoms with Crippen LogP contribution in [0.25, 0.3) is 6.08 Å². The molecule has 7 nitrogen and oxygen atoms in total. The van der Waals surface area contributed by atoms with E-state index < -0.39 is 0 Å². The summed E-state index contributed by atoms with van der Waals surface area (Å²) in [6, 6.07) is 12.3. The lowest BCUT2D eigenvalue weighted by Crippen LogP contribution is -2.23. The molecular formula is C25H26N2O5S. The van der Waals surface area contributed by atoms with Gasteiger partial charge in [0.05, 0.1) is 29.4 Å². The van der Waals surface area contributed by atoms with Gasteiger partial charge in [-0.1, -0.05) is 18.7 Å². The third kappa shape index (κ3) is 6.04. The third-order valence-corrected chi connectivity index (χ3v) is 5.59. The Morgan fingerprint density at radius 2 is 1.85 bits per heavy atom. The standard InChI is InChI=1S/C25H26N2O5S/c1-5-14-32-20-13-8-17(15-21(20)30-6-2)16-22-23(28)27(4)25(33-22)26-19-11-9-18(10-12-19)24(29)31-7-3/h5,8-13,15-16H,1,6-7,14H2,2-4H3. The van der Waals surface area contributed by atoms with E-state index in [4.69, 9.17) is 14.2 Å². The van der Waals surface area contributed by atoms with Crippen molar-refractivity contribution < 1.29 is 23.8 Å². The Balaban J connectivity index is 1.81. The molecule has 0 bridgehead atoms. The largest absolute Gasteiger partial charge is 0.490 e. The molecule has 172 valence electrons. The van der Waals surface area contributed by atoms with Gasteiger partial charge >= 0.3 is 5.97 Å². The van der Waals surface area contributed by atoms with Crippen LogP contribution in [-0.2, 0) is 9.53 Å². The van der Waals surface area contributed by atoms with Gasteiger partial charge in [-0.2, -0.15) is 0 Å². The topological polar surface area (TPSA) is 77.4 Å². The second-order valence-electron chi connectivity index (χ2n) is 6.88. The van der Waals surface area contributed by atoms with Gasteiger partial charge in [-0.15, -0.1) is 0 Å². The van der Waals surface area contributed by atoms with E-state index in [1.54, 1.807) is 50.4 Å². The summed E-state index contributed by atoms with van der Waals surface area (Å²) < 4.78 is 16.3. The summed E-state index contributed by atoms with van der Waals surface area (Å²) in [5.41, 5.74) is 1.90. The van der Waals surface area contributed by atoms with Crippen molar-refractivity contribution in [3.63, 3.8) is 0 Å². The number of esters is 1. The molecule has 1 saturated heterocycles. The van der Waals surface area contributed by atoms with Crippen molar-refractivity contribution in [1.29, 1.82) is 0 Å². The van der Waals surface area contributed by atoms with Crippen LogP contribution in [0.4, 0.5) is 5.69 Å². The molecule has 1 aliphatic heterocycles. The molecule has 3 rings (SSSR count). The summed E-state index contributed by atoms with van der Waals surface area (Å²) in [5, 5.41) is 0.547. The number of amidine groups is 1. The first-order chi connectivity index (χ1) is 16.0. The highest BCUT2D eigenvalue weighted by Gasteiger charge is 2.30. The van der Waals surface area contributed by atoms with Crippen molar-refractivity contribution in [2.24, 2.45) is 4.99 Å². The van der Waals surface area contributed by atoms with Crippen LogP contribution in [0.2, 0.25) is 0 Å². The van der Waals surface area contributed by atoms with Crippen LogP contribution in [0.3, 0.4) is 0 Å². The van der Waals surface area contributed by atoms with E-state index in [9.17, 15) is 9.59 Å². The predicted octanol–water partition coefficient (Wildman–Crippen LogP) is 5.06. The highest BCUT2D eigenvalue weighted by molar-refractivity contribution is 8.18. The van der Waals surface area contributed by atoms with Crippen LogP contribution in [-0.4, -0.2) is 48.8 Å². The lowest BCUT2D eigenvalue weighted by molar-refractivity contribution is -0.121. The SMILES string of the molecule is C=CCOc1ccc(C=C2SC(=Nc3ccc(C(=O)OCC)cc3)N(C)C2=O)cc1OCC. The van der Waals surface area contributed by atoms with E-state index in [2.05, 4.69) is 11.6 Å². The molecule has 1 amide bonds. The smallest absolute Gasteiger partial charge is 0.338 e. The molecule has 0 saturated carbocycles. The predicted molar refractivity (Wildman–Crippen MR) is 131 cm³/mol. The lowest BCUT2D eigenvalue weighted by atomic mass is 10.2. The van der Waals surface area contributed by atoms with Crippen molar-refractivity contribution >= 4 is 40.6 Å². The number of rotatable bonds is 9. The molecule has 2 aromatic rings. The summed E-state index contributed by atoms with van der Waals surface area (Å²) in [6.45, 7) is 8.50. The third-order valence-electron chi connectivity index (χ3n) is 4.53. The Morgan fingerprint density at radius 3 is 2.52 bits per heavy atom. The van der Waals surface area contributed by atoms with E-state index in [-0.39, 0.29) is 11.9 Å². The zero-order chi connectivity index (χ0) is 23.8. The highest BCUT2D eigenvalue weighted by Crippen LogP contribution is 2.35. The number of hydrogen-bond donors (Lipinski definition) is 0. The van der Waals surface area contributed by atoms with Gasteiger partial charge in [0.25, 0.3) is 5.91 Å². The highest BCUT2D eigenvalue weighted by atomic mass is 32.2. The van der Waals surface area contributed by atoms with Gasteiger partial charge in [-0.3, -0.25) is 9.69 Å². The van der Waals surface area contributed by atoms with Crippen molar-refractivity contribution in [1.82, 2.24) is 4.90 Å².